The van der Waals surface area contributed by atoms with Crippen LogP contribution in [0.3, 0.4) is 0 Å². The van der Waals surface area contributed by atoms with Crippen molar-refractivity contribution in [3.05, 3.63) is 29.8 Å². The third-order valence-corrected chi connectivity index (χ3v) is 9.75. The lowest BCUT2D eigenvalue weighted by atomic mass is 10.1. The van der Waals surface area contributed by atoms with Crippen LogP contribution < -0.4 is 37.1 Å². The van der Waals surface area contributed by atoms with E-state index in [1.807, 2.05) is 0 Å². The fourth-order valence-electron chi connectivity index (χ4n) is 6.07. The molecular formula is C45H78N6O13. The first kappa shape index (κ1) is 57.6. The maximum absolute atomic E-state index is 12.3. The number of carbonyl (C=O) groups excluding carboxylic acids is 4. The second-order valence-corrected chi connectivity index (χ2v) is 15.4. The molecule has 0 bridgehead atoms. The first-order chi connectivity index (χ1) is 31.0. The fraction of sp³-hybridized carbons (Fsp3) is 0.733. The molecule has 0 aliphatic rings. The largest absolute Gasteiger partial charge is 0.494 e. The van der Waals surface area contributed by atoms with Gasteiger partial charge in [-0.25, -0.2) is 9.59 Å². The van der Waals surface area contributed by atoms with E-state index in [-0.39, 0.29) is 120 Å². The number of ether oxygens (including phenoxy) is 5. The topological polar surface area (TPSA) is 275 Å². The Labute approximate surface area is 379 Å². The number of nitrogens with one attached hydrogen (secondary N) is 5. The first-order valence-electron chi connectivity index (χ1n) is 23.1. The minimum Gasteiger partial charge on any atom is -0.494 e. The fourth-order valence-corrected chi connectivity index (χ4v) is 6.07. The quantitative estimate of drug-likeness (QED) is 0.0438. The van der Waals surface area contributed by atoms with E-state index in [0.29, 0.717) is 25.3 Å². The number of hydrogen-bond acceptors (Lipinski definition) is 13. The van der Waals surface area contributed by atoms with Crippen molar-refractivity contribution in [3.63, 3.8) is 0 Å². The van der Waals surface area contributed by atoms with Crippen LogP contribution >= 0.6 is 0 Å². The Kier molecular flexibility index (Phi) is 36.1. The summed E-state index contributed by atoms with van der Waals surface area (Å²) in [6, 6.07) is 5.31. The predicted molar refractivity (Wildman–Crippen MR) is 241 cm³/mol. The van der Waals surface area contributed by atoms with Crippen LogP contribution in [-0.4, -0.2) is 150 Å². The standard InChI is InChI=1S/C45H78N6O13/c1-2-3-22-47-33-37(46)14-11-12-23-48-42(54)34-62-31-30-61-28-25-50-43(55)35-63-32-29-60-27-24-49-40(52)21-20-39(45(58)59)51-41(53)15-10-8-6-4-5-7-9-13-26-64-38-18-16-36(17-19-38)44(56)57/h16-19,37,39,47H,2-15,20-35,46H2,1H3,(H,48,54)(H,49,52)(H,50,55)(H,51,53)(H,56,57)(H,58,59). The molecule has 0 saturated carbocycles. The van der Waals surface area contributed by atoms with Gasteiger partial charge in [0.1, 0.15) is 25.0 Å². The smallest absolute Gasteiger partial charge is 0.335 e. The molecule has 19 heteroatoms. The third-order valence-electron chi connectivity index (χ3n) is 9.75. The summed E-state index contributed by atoms with van der Waals surface area (Å²) in [5.74, 6) is -2.72. The molecule has 0 spiro atoms. The van der Waals surface area contributed by atoms with Crippen molar-refractivity contribution in [2.45, 2.75) is 122 Å². The zero-order chi connectivity index (χ0) is 46.9. The average molecular weight is 911 g/mol. The van der Waals surface area contributed by atoms with Gasteiger partial charge in [0.25, 0.3) is 0 Å². The molecule has 19 nitrogen and oxygen atoms in total. The second-order valence-electron chi connectivity index (χ2n) is 15.4. The summed E-state index contributed by atoms with van der Waals surface area (Å²) in [6.45, 7) is 6.79. The summed E-state index contributed by atoms with van der Waals surface area (Å²) in [5.41, 5.74) is 6.32. The Morgan fingerprint density at radius 2 is 1.12 bits per heavy atom. The molecule has 2 atom stereocenters. The van der Waals surface area contributed by atoms with Crippen LogP contribution in [0, 0.1) is 0 Å². The Morgan fingerprint density at radius 1 is 0.562 bits per heavy atom. The van der Waals surface area contributed by atoms with E-state index in [1.54, 1.807) is 12.1 Å². The zero-order valence-corrected chi connectivity index (χ0v) is 38.1. The zero-order valence-electron chi connectivity index (χ0n) is 38.1. The number of amides is 4. The van der Waals surface area contributed by atoms with Gasteiger partial charge in [-0.1, -0.05) is 58.3 Å². The third kappa shape index (κ3) is 35.0. The van der Waals surface area contributed by atoms with Crippen LogP contribution in [0.4, 0.5) is 0 Å². The highest BCUT2D eigenvalue weighted by molar-refractivity contribution is 5.87. The van der Waals surface area contributed by atoms with Crippen molar-refractivity contribution in [3.8, 4) is 5.75 Å². The van der Waals surface area contributed by atoms with Gasteiger partial charge in [0.05, 0.1) is 51.8 Å². The Bertz CT molecular complexity index is 1410. The van der Waals surface area contributed by atoms with Gasteiger partial charge >= 0.3 is 11.9 Å². The van der Waals surface area contributed by atoms with Crippen LogP contribution in [-0.2, 0) is 42.9 Å². The van der Waals surface area contributed by atoms with E-state index in [9.17, 15) is 33.9 Å². The van der Waals surface area contributed by atoms with Crippen molar-refractivity contribution in [1.82, 2.24) is 26.6 Å². The average Bonchev–Trinajstić information content (AvgIpc) is 3.27. The number of nitrogens with two attached hydrogens (primary N) is 1. The van der Waals surface area contributed by atoms with Crippen LogP contribution in [0.2, 0.25) is 0 Å². The molecular weight excluding hydrogens is 833 g/mol. The van der Waals surface area contributed by atoms with Gasteiger partial charge in [0.15, 0.2) is 0 Å². The van der Waals surface area contributed by atoms with Crippen molar-refractivity contribution >= 4 is 35.6 Å². The van der Waals surface area contributed by atoms with Gasteiger partial charge in [0, 0.05) is 45.1 Å². The molecule has 4 amide bonds. The van der Waals surface area contributed by atoms with Crippen LogP contribution in [0.15, 0.2) is 24.3 Å². The number of aliphatic carboxylic acids is 1. The molecule has 0 aromatic heterocycles. The van der Waals surface area contributed by atoms with Gasteiger partial charge in [-0.05, 0) is 69.3 Å². The number of carboxylic acid groups (broad SMARTS) is 2. The molecule has 0 aliphatic heterocycles. The Balaban J connectivity index is 1.91. The molecule has 0 heterocycles. The van der Waals surface area contributed by atoms with Gasteiger partial charge in [-0.2, -0.15) is 0 Å². The van der Waals surface area contributed by atoms with Crippen LogP contribution in [0.5, 0.6) is 5.75 Å². The van der Waals surface area contributed by atoms with E-state index in [4.69, 9.17) is 34.5 Å². The van der Waals surface area contributed by atoms with E-state index >= 15 is 0 Å². The number of benzene rings is 1. The molecule has 366 valence electrons. The van der Waals surface area contributed by atoms with Crippen molar-refractivity contribution in [1.29, 1.82) is 0 Å². The molecule has 1 aromatic rings. The van der Waals surface area contributed by atoms with Gasteiger partial charge in [0.2, 0.25) is 23.6 Å². The summed E-state index contributed by atoms with van der Waals surface area (Å²) in [6.07, 6.45) is 12.7. The number of unbranched alkanes of at least 4 members (excludes halogenated alkanes) is 9. The highest BCUT2D eigenvalue weighted by atomic mass is 16.5. The normalized spacial score (nSPS) is 12.0. The molecule has 64 heavy (non-hydrogen) atoms. The molecule has 0 saturated heterocycles. The van der Waals surface area contributed by atoms with Gasteiger partial charge in [-0.3, -0.25) is 19.2 Å². The molecule has 1 rings (SSSR count). The molecule has 0 radical (unpaired) electrons. The number of aromatic carboxylic acids is 1. The minimum atomic E-state index is -1.20. The van der Waals surface area contributed by atoms with E-state index < -0.39 is 18.0 Å². The number of rotatable bonds is 44. The molecule has 0 fully saturated rings. The summed E-state index contributed by atoms with van der Waals surface area (Å²) in [4.78, 5) is 71.0. The lowest BCUT2D eigenvalue weighted by Crippen LogP contribution is -2.41. The number of carboxylic acids is 2. The first-order valence-corrected chi connectivity index (χ1v) is 23.1. The Hall–Kier alpha value is -4.40. The minimum absolute atomic E-state index is 0.0400. The van der Waals surface area contributed by atoms with E-state index in [0.717, 1.165) is 90.1 Å². The van der Waals surface area contributed by atoms with Crippen molar-refractivity contribution in [2.75, 3.05) is 92.2 Å². The molecule has 0 aliphatic carbocycles. The lowest BCUT2D eigenvalue weighted by Gasteiger charge is -2.14. The lowest BCUT2D eigenvalue weighted by molar-refractivity contribution is -0.142. The van der Waals surface area contributed by atoms with Gasteiger partial charge < -0.3 is 66.2 Å². The maximum atomic E-state index is 12.3. The van der Waals surface area contributed by atoms with Crippen LogP contribution in [0.25, 0.3) is 0 Å². The van der Waals surface area contributed by atoms with Gasteiger partial charge in [-0.15, -0.1) is 0 Å². The summed E-state index contributed by atoms with van der Waals surface area (Å²) >= 11 is 0. The van der Waals surface area contributed by atoms with Crippen molar-refractivity contribution < 1.29 is 62.7 Å². The summed E-state index contributed by atoms with van der Waals surface area (Å²) < 4.78 is 27.1. The summed E-state index contributed by atoms with van der Waals surface area (Å²) in [7, 11) is 0. The van der Waals surface area contributed by atoms with Crippen LogP contribution in [0.1, 0.15) is 120 Å². The van der Waals surface area contributed by atoms with Crippen molar-refractivity contribution in [2.24, 2.45) is 5.73 Å². The second kappa shape index (κ2) is 40.1. The number of hydrogen-bond donors (Lipinski definition) is 8. The maximum Gasteiger partial charge on any atom is 0.335 e. The Morgan fingerprint density at radius 3 is 1.72 bits per heavy atom. The number of carbonyl (C=O) groups is 6. The van der Waals surface area contributed by atoms with E-state index in [1.165, 1.54) is 12.1 Å². The predicted octanol–water partition coefficient (Wildman–Crippen LogP) is 2.93. The molecule has 1 aromatic carbocycles. The SMILES string of the molecule is CCCCNCC(N)CCCCNC(=O)COCCOCCNC(=O)COCCOCCNC(=O)CCC(NC(=O)CCCCCCCCCCOc1ccc(C(=O)O)cc1)C(=O)O. The molecule has 9 N–H and O–H groups in total. The van der Waals surface area contributed by atoms with E-state index in [2.05, 4.69) is 33.5 Å². The summed E-state index contributed by atoms with van der Waals surface area (Å²) in [5, 5.41) is 32.5. The molecule has 2 unspecified atom stereocenters. The highest BCUT2D eigenvalue weighted by Gasteiger charge is 2.21. The monoisotopic (exact) mass is 911 g/mol. The highest BCUT2D eigenvalue weighted by Crippen LogP contribution is 2.14.